The predicted octanol–water partition coefficient (Wildman–Crippen LogP) is 1.46. The van der Waals surface area contributed by atoms with Crippen LogP contribution in [0.15, 0.2) is 24.4 Å². The monoisotopic (exact) mass is 249 g/mol. The van der Waals surface area contributed by atoms with Crippen molar-refractivity contribution in [1.82, 2.24) is 9.88 Å². The Labute approximate surface area is 109 Å². The van der Waals surface area contributed by atoms with Crippen molar-refractivity contribution in [2.75, 3.05) is 20.1 Å². The van der Waals surface area contributed by atoms with Gasteiger partial charge < -0.3 is 10.6 Å². The van der Waals surface area contributed by atoms with Crippen LogP contribution in [0.4, 0.5) is 0 Å². The lowest BCUT2D eigenvalue weighted by atomic mass is 10.0. The molecule has 0 aliphatic heterocycles. The summed E-state index contributed by atoms with van der Waals surface area (Å²) >= 11 is 0. The number of carbonyl (C=O) groups is 1. The first-order chi connectivity index (χ1) is 8.67. The molecule has 1 aromatic heterocycles. The van der Waals surface area contributed by atoms with Crippen molar-refractivity contribution in [2.24, 2.45) is 11.7 Å². The largest absolute Gasteiger partial charge is 0.345 e. The maximum absolute atomic E-state index is 11.9. The molecule has 0 aliphatic carbocycles. The van der Waals surface area contributed by atoms with E-state index in [1.54, 1.807) is 11.1 Å². The Morgan fingerprint density at radius 1 is 1.50 bits per heavy atom. The molecule has 0 saturated carbocycles. The zero-order valence-electron chi connectivity index (χ0n) is 11.3. The molecule has 1 rings (SSSR count). The molecule has 0 saturated heterocycles. The molecule has 0 bridgehead atoms. The van der Waals surface area contributed by atoms with Gasteiger partial charge in [-0.2, -0.15) is 0 Å². The van der Waals surface area contributed by atoms with Gasteiger partial charge in [0, 0.05) is 38.3 Å². The lowest BCUT2D eigenvalue weighted by molar-refractivity contribution is -0.130. The molecule has 2 N–H and O–H groups in total. The lowest BCUT2D eigenvalue weighted by Crippen LogP contribution is -2.31. The van der Waals surface area contributed by atoms with Crippen molar-refractivity contribution in [2.45, 2.75) is 26.2 Å². The maximum atomic E-state index is 11.9. The SMILES string of the molecule is CCC(CN)CC(=O)N(C)CCc1ccccn1. The fraction of sp³-hybridized carbons (Fsp3) is 0.571. The molecule has 0 aromatic carbocycles. The van der Waals surface area contributed by atoms with Gasteiger partial charge in [-0.05, 0) is 24.6 Å². The van der Waals surface area contributed by atoms with E-state index in [1.807, 2.05) is 25.2 Å². The summed E-state index contributed by atoms with van der Waals surface area (Å²) in [6.07, 6.45) is 4.07. The van der Waals surface area contributed by atoms with Crippen LogP contribution in [0.3, 0.4) is 0 Å². The van der Waals surface area contributed by atoms with E-state index in [1.165, 1.54) is 0 Å². The first-order valence-electron chi connectivity index (χ1n) is 6.51. The molecule has 1 aromatic rings. The molecule has 0 fully saturated rings. The van der Waals surface area contributed by atoms with Gasteiger partial charge >= 0.3 is 0 Å². The summed E-state index contributed by atoms with van der Waals surface area (Å²) in [7, 11) is 1.84. The van der Waals surface area contributed by atoms with Gasteiger partial charge in [0.1, 0.15) is 0 Å². The molecule has 1 atom stereocenters. The van der Waals surface area contributed by atoms with Gasteiger partial charge in [0.15, 0.2) is 0 Å². The van der Waals surface area contributed by atoms with Crippen LogP contribution in [-0.4, -0.2) is 35.9 Å². The minimum atomic E-state index is 0.170. The third-order valence-corrected chi connectivity index (χ3v) is 3.23. The molecule has 1 unspecified atom stereocenters. The standard InChI is InChI=1S/C14H23N3O/c1-3-12(11-15)10-14(18)17(2)9-7-13-6-4-5-8-16-13/h4-6,8,12H,3,7,9-11,15H2,1-2H3. The zero-order valence-corrected chi connectivity index (χ0v) is 11.3. The summed E-state index contributed by atoms with van der Waals surface area (Å²) in [5.74, 6) is 0.470. The Hall–Kier alpha value is -1.42. The highest BCUT2D eigenvalue weighted by molar-refractivity contribution is 5.76. The highest BCUT2D eigenvalue weighted by Gasteiger charge is 2.14. The average Bonchev–Trinajstić information content (AvgIpc) is 2.42. The van der Waals surface area contributed by atoms with Gasteiger partial charge in [0.2, 0.25) is 5.91 Å². The van der Waals surface area contributed by atoms with Gasteiger partial charge in [-0.15, -0.1) is 0 Å². The Morgan fingerprint density at radius 3 is 2.83 bits per heavy atom. The molecule has 0 radical (unpaired) electrons. The molecular formula is C14H23N3O. The number of pyridine rings is 1. The highest BCUT2D eigenvalue weighted by atomic mass is 16.2. The minimum Gasteiger partial charge on any atom is -0.345 e. The summed E-state index contributed by atoms with van der Waals surface area (Å²) in [5, 5.41) is 0. The van der Waals surface area contributed by atoms with Crippen molar-refractivity contribution < 1.29 is 4.79 Å². The van der Waals surface area contributed by atoms with Crippen molar-refractivity contribution in [1.29, 1.82) is 0 Å². The number of carbonyl (C=O) groups excluding carboxylic acids is 1. The third kappa shape index (κ3) is 4.84. The molecule has 100 valence electrons. The van der Waals surface area contributed by atoms with E-state index in [2.05, 4.69) is 11.9 Å². The number of amides is 1. The fourth-order valence-corrected chi connectivity index (χ4v) is 1.75. The molecule has 4 heteroatoms. The number of likely N-dealkylation sites (N-methyl/N-ethyl adjacent to an activating group) is 1. The molecule has 1 heterocycles. The summed E-state index contributed by atoms with van der Waals surface area (Å²) < 4.78 is 0. The summed E-state index contributed by atoms with van der Waals surface area (Å²) in [6.45, 7) is 3.35. The van der Waals surface area contributed by atoms with Gasteiger partial charge in [-0.25, -0.2) is 0 Å². The van der Waals surface area contributed by atoms with E-state index < -0.39 is 0 Å². The van der Waals surface area contributed by atoms with Crippen LogP contribution in [-0.2, 0) is 11.2 Å². The van der Waals surface area contributed by atoms with Gasteiger partial charge in [0.05, 0.1) is 0 Å². The number of nitrogens with two attached hydrogens (primary N) is 1. The molecular weight excluding hydrogens is 226 g/mol. The first-order valence-corrected chi connectivity index (χ1v) is 6.51. The van der Waals surface area contributed by atoms with E-state index >= 15 is 0 Å². The van der Waals surface area contributed by atoms with Gasteiger partial charge in [-0.1, -0.05) is 19.4 Å². The smallest absolute Gasteiger partial charge is 0.222 e. The second-order valence-corrected chi connectivity index (χ2v) is 4.60. The maximum Gasteiger partial charge on any atom is 0.222 e. The van der Waals surface area contributed by atoms with E-state index in [-0.39, 0.29) is 5.91 Å². The van der Waals surface area contributed by atoms with Crippen molar-refractivity contribution in [3.8, 4) is 0 Å². The summed E-state index contributed by atoms with van der Waals surface area (Å²) in [6, 6.07) is 5.84. The predicted molar refractivity (Wildman–Crippen MR) is 73.0 cm³/mol. The van der Waals surface area contributed by atoms with E-state index in [0.717, 1.165) is 18.5 Å². The number of hydrogen-bond acceptors (Lipinski definition) is 3. The molecule has 1 amide bonds. The topological polar surface area (TPSA) is 59.2 Å². The Morgan fingerprint density at radius 2 is 2.28 bits per heavy atom. The Balaban J connectivity index is 2.36. The Bertz CT molecular complexity index is 349. The highest BCUT2D eigenvalue weighted by Crippen LogP contribution is 2.08. The normalized spacial score (nSPS) is 12.2. The van der Waals surface area contributed by atoms with Crippen LogP contribution in [0.25, 0.3) is 0 Å². The minimum absolute atomic E-state index is 0.170. The van der Waals surface area contributed by atoms with Gasteiger partial charge in [0.25, 0.3) is 0 Å². The van der Waals surface area contributed by atoms with E-state index in [0.29, 0.717) is 25.4 Å². The van der Waals surface area contributed by atoms with Crippen LogP contribution in [0.2, 0.25) is 0 Å². The quantitative estimate of drug-likeness (QED) is 0.796. The molecule has 0 spiro atoms. The zero-order chi connectivity index (χ0) is 13.4. The van der Waals surface area contributed by atoms with Crippen molar-refractivity contribution >= 4 is 5.91 Å². The summed E-state index contributed by atoms with van der Waals surface area (Å²) in [5.41, 5.74) is 6.63. The number of hydrogen-bond donors (Lipinski definition) is 1. The lowest BCUT2D eigenvalue weighted by Gasteiger charge is -2.20. The fourth-order valence-electron chi connectivity index (χ4n) is 1.75. The molecule has 18 heavy (non-hydrogen) atoms. The average molecular weight is 249 g/mol. The molecule has 0 aliphatic rings. The van der Waals surface area contributed by atoms with Crippen LogP contribution < -0.4 is 5.73 Å². The van der Waals surface area contributed by atoms with Crippen LogP contribution >= 0.6 is 0 Å². The van der Waals surface area contributed by atoms with Crippen molar-refractivity contribution in [3.63, 3.8) is 0 Å². The number of aromatic nitrogens is 1. The van der Waals surface area contributed by atoms with Crippen LogP contribution in [0.5, 0.6) is 0 Å². The summed E-state index contributed by atoms with van der Waals surface area (Å²) in [4.78, 5) is 18.0. The van der Waals surface area contributed by atoms with Crippen LogP contribution in [0.1, 0.15) is 25.5 Å². The van der Waals surface area contributed by atoms with E-state index in [4.69, 9.17) is 5.73 Å². The van der Waals surface area contributed by atoms with Crippen molar-refractivity contribution in [3.05, 3.63) is 30.1 Å². The third-order valence-electron chi connectivity index (χ3n) is 3.23. The van der Waals surface area contributed by atoms with Crippen LogP contribution in [0, 0.1) is 5.92 Å². The van der Waals surface area contributed by atoms with Gasteiger partial charge in [-0.3, -0.25) is 9.78 Å². The number of nitrogens with zero attached hydrogens (tertiary/aromatic N) is 2. The first kappa shape index (κ1) is 14.6. The second kappa shape index (κ2) is 7.82. The number of rotatable bonds is 7. The van der Waals surface area contributed by atoms with E-state index in [9.17, 15) is 4.79 Å². The Kier molecular flexibility index (Phi) is 6.36. The molecule has 4 nitrogen and oxygen atoms in total. The second-order valence-electron chi connectivity index (χ2n) is 4.60.